The highest BCUT2D eigenvalue weighted by atomic mass is 16.5. The minimum atomic E-state index is 0.0444. The van der Waals surface area contributed by atoms with Crippen molar-refractivity contribution in [3.8, 4) is 0 Å². The van der Waals surface area contributed by atoms with Crippen molar-refractivity contribution in [3.63, 3.8) is 0 Å². The summed E-state index contributed by atoms with van der Waals surface area (Å²) in [6.45, 7) is 4.60. The van der Waals surface area contributed by atoms with E-state index < -0.39 is 0 Å². The van der Waals surface area contributed by atoms with E-state index in [1.54, 1.807) is 0 Å². The van der Waals surface area contributed by atoms with Crippen LogP contribution < -0.4 is 10.6 Å². The fourth-order valence-corrected chi connectivity index (χ4v) is 2.13. The average molecular weight is 262 g/mol. The van der Waals surface area contributed by atoms with Gasteiger partial charge < -0.3 is 15.4 Å². The summed E-state index contributed by atoms with van der Waals surface area (Å²) in [6.07, 6.45) is 2.78. The lowest BCUT2D eigenvalue weighted by atomic mass is 10.0. The van der Waals surface area contributed by atoms with Gasteiger partial charge in [0.2, 0.25) is 5.91 Å². The second-order valence-corrected chi connectivity index (χ2v) is 4.92. The molecular formula is C15H22N2O2. The van der Waals surface area contributed by atoms with Gasteiger partial charge in [0.25, 0.3) is 0 Å². The Hall–Kier alpha value is -1.55. The Morgan fingerprint density at radius 3 is 2.47 bits per heavy atom. The zero-order chi connectivity index (χ0) is 13.5. The largest absolute Gasteiger partial charge is 0.385 e. The first kappa shape index (κ1) is 13.9. The van der Waals surface area contributed by atoms with Crippen molar-refractivity contribution in [1.82, 2.24) is 0 Å². The summed E-state index contributed by atoms with van der Waals surface area (Å²) in [6, 6.07) is 7.87. The number of nitrogens with one attached hydrogen (secondary N) is 2. The van der Waals surface area contributed by atoms with Gasteiger partial charge in [0.1, 0.15) is 0 Å². The lowest BCUT2D eigenvalue weighted by Gasteiger charge is -2.22. The van der Waals surface area contributed by atoms with E-state index in [-0.39, 0.29) is 5.91 Å². The number of carbonyl (C=O) groups excluding carboxylic acids is 1. The van der Waals surface area contributed by atoms with Crippen LogP contribution in [0.4, 0.5) is 11.4 Å². The molecule has 4 nitrogen and oxygen atoms in total. The third kappa shape index (κ3) is 4.56. The SMILES string of the molecule is CCC(=O)Nc1ccc(NCC2CCOCC2)cc1. The lowest BCUT2D eigenvalue weighted by molar-refractivity contribution is -0.115. The molecule has 2 N–H and O–H groups in total. The predicted octanol–water partition coefficient (Wildman–Crippen LogP) is 2.87. The molecule has 1 fully saturated rings. The molecule has 0 aromatic heterocycles. The van der Waals surface area contributed by atoms with Gasteiger partial charge in [-0.3, -0.25) is 4.79 Å². The first-order valence-corrected chi connectivity index (χ1v) is 6.99. The van der Waals surface area contributed by atoms with Crippen LogP contribution in [0.5, 0.6) is 0 Å². The van der Waals surface area contributed by atoms with Crippen LogP contribution in [0.15, 0.2) is 24.3 Å². The fourth-order valence-electron chi connectivity index (χ4n) is 2.13. The third-order valence-corrected chi connectivity index (χ3v) is 3.43. The van der Waals surface area contributed by atoms with Gasteiger partial charge in [0, 0.05) is 37.6 Å². The molecule has 1 aromatic carbocycles. The van der Waals surface area contributed by atoms with Crippen molar-refractivity contribution in [1.29, 1.82) is 0 Å². The highest BCUT2D eigenvalue weighted by Gasteiger charge is 2.13. The van der Waals surface area contributed by atoms with Crippen molar-refractivity contribution in [2.24, 2.45) is 5.92 Å². The summed E-state index contributed by atoms with van der Waals surface area (Å²) in [5, 5.41) is 6.28. The molecule has 0 unspecified atom stereocenters. The standard InChI is InChI=1S/C15H22N2O2/c1-2-15(18)17-14-5-3-13(4-6-14)16-11-12-7-9-19-10-8-12/h3-6,12,16H,2,7-11H2,1H3,(H,17,18). The van der Waals surface area contributed by atoms with Gasteiger partial charge >= 0.3 is 0 Å². The molecule has 0 bridgehead atoms. The second kappa shape index (κ2) is 7.14. The average Bonchev–Trinajstić information content (AvgIpc) is 2.47. The molecule has 1 aliphatic rings. The number of benzene rings is 1. The molecule has 1 saturated heterocycles. The number of rotatable bonds is 5. The molecule has 0 saturated carbocycles. The molecule has 0 radical (unpaired) electrons. The van der Waals surface area contributed by atoms with Crippen molar-refractivity contribution < 1.29 is 9.53 Å². The predicted molar refractivity (Wildman–Crippen MR) is 77.4 cm³/mol. The Morgan fingerprint density at radius 2 is 1.84 bits per heavy atom. The van der Waals surface area contributed by atoms with Crippen molar-refractivity contribution >= 4 is 17.3 Å². The van der Waals surface area contributed by atoms with Gasteiger partial charge in [-0.15, -0.1) is 0 Å². The number of anilines is 2. The third-order valence-electron chi connectivity index (χ3n) is 3.43. The molecule has 19 heavy (non-hydrogen) atoms. The number of carbonyl (C=O) groups is 1. The van der Waals surface area contributed by atoms with Crippen LogP contribution >= 0.6 is 0 Å². The minimum Gasteiger partial charge on any atom is -0.385 e. The summed E-state index contributed by atoms with van der Waals surface area (Å²) in [5.74, 6) is 0.746. The molecule has 0 atom stereocenters. The maximum Gasteiger partial charge on any atom is 0.224 e. The quantitative estimate of drug-likeness (QED) is 0.858. The summed E-state index contributed by atoms with van der Waals surface area (Å²) < 4.78 is 5.35. The summed E-state index contributed by atoms with van der Waals surface area (Å²) in [7, 11) is 0. The first-order chi connectivity index (χ1) is 9.28. The Balaban J connectivity index is 1.79. The van der Waals surface area contributed by atoms with E-state index in [1.165, 1.54) is 0 Å². The van der Waals surface area contributed by atoms with Crippen LogP contribution in [0.1, 0.15) is 26.2 Å². The van der Waals surface area contributed by atoms with E-state index in [1.807, 2.05) is 31.2 Å². The maximum atomic E-state index is 11.3. The van der Waals surface area contributed by atoms with Crippen LogP contribution in [0.2, 0.25) is 0 Å². The van der Waals surface area contributed by atoms with E-state index in [0.717, 1.165) is 44.0 Å². The molecule has 1 amide bonds. The summed E-state index contributed by atoms with van der Waals surface area (Å²) in [5.41, 5.74) is 1.95. The van der Waals surface area contributed by atoms with Gasteiger partial charge in [0.05, 0.1) is 0 Å². The maximum absolute atomic E-state index is 11.3. The Morgan fingerprint density at radius 1 is 1.21 bits per heavy atom. The molecule has 1 heterocycles. The van der Waals surface area contributed by atoms with E-state index in [2.05, 4.69) is 10.6 Å². The fraction of sp³-hybridized carbons (Fsp3) is 0.533. The molecule has 104 valence electrons. The van der Waals surface area contributed by atoms with Crippen LogP contribution in [0.25, 0.3) is 0 Å². The topological polar surface area (TPSA) is 50.4 Å². The number of hydrogen-bond acceptors (Lipinski definition) is 3. The zero-order valence-corrected chi connectivity index (χ0v) is 11.4. The van der Waals surface area contributed by atoms with Gasteiger partial charge in [-0.05, 0) is 43.0 Å². The van der Waals surface area contributed by atoms with Crippen molar-refractivity contribution in [2.45, 2.75) is 26.2 Å². The Labute approximate surface area is 114 Å². The molecular weight excluding hydrogens is 240 g/mol. The number of ether oxygens (including phenoxy) is 1. The molecule has 0 aliphatic carbocycles. The summed E-state index contributed by atoms with van der Waals surface area (Å²) >= 11 is 0. The Kier molecular flexibility index (Phi) is 5.21. The molecule has 1 aliphatic heterocycles. The monoisotopic (exact) mass is 262 g/mol. The Bertz CT molecular complexity index is 397. The first-order valence-electron chi connectivity index (χ1n) is 6.99. The lowest BCUT2D eigenvalue weighted by Crippen LogP contribution is -2.22. The van der Waals surface area contributed by atoms with Crippen molar-refractivity contribution in [3.05, 3.63) is 24.3 Å². The molecule has 0 spiro atoms. The van der Waals surface area contributed by atoms with E-state index >= 15 is 0 Å². The summed E-state index contributed by atoms with van der Waals surface area (Å²) in [4.78, 5) is 11.3. The number of hydrogen-bond donors (Lipinski definition) is 2. The minimum absolute atomic E-state index is 0.0444. The van der Waals surface area contributed by atoms with Crippen molar-refractivity contribution in [2.75, 3.05) is 30.4 Å². The molecule has 1 aromatic rings. The van der Waals surface area contributed by atoms with Crippen LogP contribution in [-0.4, -0.2) is 25.7 Å². The highest BCUT2D eigenvalue weighted by Crippen LogP contribution is 2.18. The van der Waals surface area contributed by atoms with Gasteiger partial charge in [-0.25, -0.2) is 0 Å². The normalized spacial score (nSPS) is 16.1. The molecule has 2 rings (SSSR count). The smallest absolute Gasteiger partial charge is 0.224 e. The van der Waals surface area contributed by atoms with Gasteiger partial charge in [0.15, 0.2) is 0 Å². The zero-order valence-electron chi connectivity index (χ0n) is 11.4. The van der Waals surface area contributed by atoms with E-state index in [9.17, 15) is 4.79 Å². The van der Waals surface area contributed by atoms with E-state index in [0.29, 0.717) is 12.3 Å². The number of amides is 1. The van der Waals surface area contributed by atoms with Gasteiger partial charge in [-0.2, -0.15) is 0 Å². The van der Waals surface area contributed by atoms with Gasteiger partial charge in [-0.1, -0.05) is 6.92 Å². The molecule has 4 heteroatoms. The second-order valence-electron chi connectivity index (χ2n) is 4.92. The highest BCUT2D eigenvalue weighted by molar-refractivity contribution is 5.90. The van der Waals surface area contributed by atoms with Crippen LogP contribution in [0.3, 0.4) is 0 Å². The van der Waals surface area contributed by atoms with E-state index in [4.69, 9.17) is 4.74 Å². The van der Waals surface area contributed by atoms with Crippen LogP contribution in [-0.2, 0) is 9.53 Å². The van der Waals surface area contributed by atoms with Crippen LogP contribution in [0, 0.1) is 5.92 Å².